The second kappa shape index (κ2) is 13.7. The van der Waals surface area contributed by atoms with Crippen LogP contribution in [0.5, 0.6) is 0 Å². The first-order valence-corrected chi connectivity index (χ1v) is 15.6. The fourth-order valence-corrected chi connectivity index (χ4v) is 6.64. The Morgan fingerprint density at radius 1 is 0.951 bits per heavy atom. The van der Waals surface area contributed by atoms with Crippen LogP contribution in [-0.2, 0) is 26.2 Å². The normalized spacial score (nSPS) is 14.7. The molecule has 0 unspecified atom stereocenters. The molecule has 1 aliphatic rings. The second-order valence-electron chi connectivity index (χ2n) is 10.1. The summed E-state index contributed by atoms with van der Waals surface area (Å²) >= 11 is 12.3. The zero-order valence-corrected chi connectivity index (χ0v) is 24.9. The van der Waals surface area contributed by atoms with Crippen LogP contribution in [0.3, 0.4) is 0 Å². The van der Waals surface area contributed by atoms with Crippen LogP contribution in [0.15, 0.2) is 77.7 Å². The summed E-state index contributed by atoms with van der Waals surface area (Å²) in [5.74, 6) is -1.85. The van der Waals surface area contributed by atoms with Crippen molar-refractivity contribution in [1.29, 1.82) is 0 Å². The first kappa shape index (κ1) is 30.8. The third-order valence-corrected chi connectivity index (χ3v) is 9.70. The standard InChI is InChI=1S/C30H32Cl2FN3O4S/c1-21(30(38)34-23-10-4-2-5-11-23)35(19-22-16-17-25(31)26(32)18-22)29(37)20-36(28-15-9-8-14-27(28)33)41(39,40)24-12-6-3-7-13-24/h3,6-9,12-18,21,23H,2,4-5,10-11,19-20H2,1H3,(H,34,38)/t21-/m0/s1. The molecular formula is C30H32Cl2FN3O4S. The number of halogens is 3. The van der Waals surface area contributed by atoms with Crippen molar-refractivity contribution in [3.8, 4) is 0 Å². The number of anilines is 1. The van der Waals surface area contributed by atoms with Gasteiger partial charge in [-0.05, 0) is 61.7 Å². The maximum Gasteiger partial charge on any atom is 0.264 e. The average molecular weight is 621 g/mol. The van der Waals surface area contributed by atoms with Gasteiger partial charge in [-0.2, -0.15) is 0 Å². The molecule has 4 rings (SSSR count). The topological polar surface area (TPSA) is 86.8 Å². The van der Waals surface area contributed by atoms with E-state index in [1.54, 1.807) is 43.3 Å². The van der Waals surface area contributed by atoms with Gasteiger partial charge in [-0.1, -0.05) is 78.9 Å². The summed E-state index contributed by atoms with van der Waals surface area (Å²) in [6, 6.07) is 16.7. The van der Waals surface area contributed by atoms with Gasteiger partial charge in [0.05, 0.1) is 20.6 Å². The highest BCUT2D eigenvalue weighted by Gasteiger charge is 2.34. The maximum atomic E-state index is 15.0. The van der Waals surface area contributed by atoms with Crippen molar-refractivity contribution in [3.63, 3.8) is 0 Å². The van der Waals surface area contributed by atoms with E-state index in [1.807, 2.05) is 0 Å². The molecule has 0 aliphatic heterocycles. The van der Waals surface area contributed by atoms with Crippen molar-refractivity contribution < 1.29 is 22.4 Å². The van der Waals surface area contributed by atoms with Gasteiger partial charge in [0.15, 0.2) is 0 Å². The van der Waals surface area contributed by atoms with Crippen LogP contribution in [-0.4, -0.2) is 43.8 Å². The number of hydrogen-bond donors (Lipinski definition) is 1. The van der Waals surface area contributed by atoms with Gasteiger partial charge in [0.25, 0.3) is 10.0 Å². The van der Waals surface area contributed by atoms with Crippen LogP contribution in [0.25, 0.3) is 0 Å². The minimum Gasteiger partial charge on any atom is -0.352 e. The maximum absolute atomic E-state index is 15.0. The van der Waals surface area contributed by atoms with Gasteiger partial charge in [0.1, 0.15) is 18.4 Å². The molecule has 1 aliphatic carbocycles. The van der Waals surface area contributed by atoms with Crippen molar-refractivity contribution >= 4 is 50.7 Å². The summed E-state index contributed by atoms with van der Waals surface area (Å²) in [5.41, 5.74) is 0.312. The van der Waals surface area contributed by atoms with E-state index in [2.05, 4.69) is 5.32 Å². The lowest BCUT2D eigenvalue weighted by molar-refractivity contribution is -0.139. The van der Waals surface area contributed by atoms with E-state index in [1.165, 1.54) is 35.2 Å². The molecule has 1 N–H and O–H groups in total. The van der Waals surface area contributed by atoms with E-state index in [0.29, 0.717) is 10.6 Å². The van der Waals surface area contributed by atoms with Crippen LogP contribution < -0.4 is 9.62 Å². The number of amides is 2. The molecule has 0 bridgehead atoms. The number of benzene rings is 3. The molecule has 41 heavy (non-hydrogen) atoms. The van der Waals surface area contributed by atoms with E-state index in [-0.39, 0.29) is 34.1 Å². The van der Waals surface area contributed by atoms with Gasteiger partial charge in [0.2, 0.25) is 11.8 Å². The number of nitrogens with one attached hydrogen (secondary N) is 1. The molecule has 2 amide bonds. The van der Waals surface area contributed by atoms with Crippen molar-refractivity contribution in [3.05, 3.63) is 94.2 Å². The quantitative estimate of drug-likeness (QED) is 0.293. The van der Waals surface area contributed by atoms with Gasteiger partial charge in [-0.15, -0.1) is 0 Å². The summed E-state index contributed by atoms with van der Waals surface area (Å²) < 4.78 is 43.2. The SMILES string of the molecule is C[C@@H](C(=O)NC1CCCCC1)N(Cc1ccc(Cl)c(Cl)c1)C(=O)CN(c1ccccc1F)S(=O)(=O)c1ccccc1. The van der Waals surface area contributed by atoms with Gasteiger partial charge < -0.3 is 10.2 Å². The largest absolute Gasteiger partial charge is 0.352 e. The molecule has 1 atom stereocenters. The van der Waals surface area contributed by atoms with Gasteiger partial charge in [-0.25, -0.2) is 12.8 Å². The Morgan fingerprint density at radius 3 is 2.27 bits per heavy atom. The Morgan fingerprint density at radius 2 is 1.61 bits per heavy atom. The number of rotatable bonds is 10. The minimum absolute atomic E-state index is 0.00833. The molecule has 218 valence electrons. The molecule has 0 heterocycles. The zero-order chi connectivity index (χ0) is 29.6. The predicted octanol–water partition coefficient (Wildman–Crippen LogP) is 6.19. The Hall–Kier alpha value is -3.14. The third kappa shape index (κ3) is 7.58. The summed E-state index contributed by atoms with van der Waals surface area (Å²) in [6.45, 7) is 0.804. The lowest BCUT2D eigenvalue weighted by Gasteiger charge is -2.33. The Kier molecular flexibility index (Phi) is 10.3. The Balaban J connectivity index is 1.69. The smallest absolute Gasteiger partial charge is 0.264 e. The van der Waals surface area contributed by atoms with Crippen LogP contribution >= 0.6 is 23.2 Å². The highest BCUT2D eigenvalue weighted by atomic mass is 35.5. The lowest BCUT2D eigenvalue weighted by atomic mass is 9.95. The van der Waals surface area contributed by atoms with Crippen molar-refractivity contribution in [2.24, 2.45) is 0 Å². The van der Waals surface area contributed by atoms with E-state index >= 15 is 0 Å². The summed E-state index contributed by atoms with van der Waals surface area (Å²) in [4.78, 5) is 28.5. The molecule has 1 saturated carbocycles. The first-order valence-electron chi connectivity index (χ1n) is 13.4. The number of nitrogens with zero attached hydrogens (tertiary/aromatic N) is 2. The van der Waals surface area contributed by atoms with Crippen molar-refractivity contribution in [1.82, 2.24) is 10.2 Å². The Bertz CT molecular complexity index is 1480. The van der Waals surface area contributed by atoms with Gasteiger partial charge in [-0.3, -0.25) is 13.9 Å². The Labute approximate surface area is 250 Å². The van der Waals surface area contributed by atoms with Crippen LogP contribution in [0.1, 0.15) is 44.6 Å². The van der Waals surface area contributed by atoms with E-state index in [4.69, 9.17) is 23.2 Å². The van der Waals surface area contributed by atoms with Crippen LogP contribution in [0, 0.1) is 5.82 Å². The van der Waals surface area contributed by atoms with Crippen LogP contribution in [0.2, 0.25) is 10.0 Å². The molecule has 3 aromatic rings. The molecule has 7 nitrogen and oxygen atoms in total. The third-order valence-electron chi connectivity index (χ3n) is 7.19. The molecule has 0 radical (unpaired) electrons. The molecule has 3 aromatic carbocycles. The zero-order valence-electron chi connectivity index (χ0n) is 22.6. The molecule has 0 saturated heterocycles. The molecule has 0 aromatic heterocycles. The van der Waals surface area contributed by atoms with E-state index in [9.17, 15) is 22.4 Å². The molecule has 1 fully saturated rings. The predicted molar refractivity (Wildman–Crippen MR) is 159 cm³/mol. The second-order valence-corrected chi connectivity index (χ2v) is 12.7. The fourth-order valence-electron chi connectivity index (χ4n) is 4.87. The van der Waals surface area contributed by atoms with Gasteiger partial charge >= 0.3 is 0 Å². The number of hydrogen-bond acceptors (Lipinski definition) is 4. The molecular weight excluding hydrogens is 588 g/mol. The van der Waals surface area contributed by atoms with E-state index in [0.717, 1.165) is 42.5 Å². The fraction of sp³-hybridized carbons (Fsp3) is 0.333. The molecule has 0 spiro atoms. The number of carbonyl (C=O) groups excluding carboxylic acids is 2. The summed E-state index contributed by atoms with van der Waals surface area (Å²) in [5, 5.41) is 3.64. The monoisotopic (exact) mass is 619 g/mol. The summed E-state index contributed by atoms with van der Waals surface area (Å²) in [7, 11) is -4.35. The molecule has 11 heteroatoms. The summed E-state index contributed by atoms with van der Waals surface area (Å²) in [6.07, 6.45) is 4.86. The number of para-hydroxylation sites is 1. The average Bonchev–Trinajstić information content (AvgIpc) is 2.97. The van der Waals surface area contributed by atoms with Crippen molar-refractivity contribution in [2.45, 2.75) is 62.6 Å². The first-order chi connectivity index (χ1) is 19.6. The van der Waals surface area contributed by atoms with E-state index < -0.39 is 34.3 Å². The lowest BCUT2D eigenvalue weighted by Crippen LogP contribution is -2.53. The highest BCUT2D eigenvalue weighted by Crippen LogP contribution is 2.28. The highest BCUT2D eigenvalue weighted by molar-refractivity contribution is 7.92. The van der Waals surface area contributed by atoms with Crippen LogP contribution in [0.4, 0.5) is 10.1 Å². The number of sulfonamides is 1. The van der Waals surface area contributed by atoms with Gasteiger partial charge in [0, 0.05) is 12.6 Å². The number of carbonyl (C=O) groups is 2. The minimum atomic E-state index is -4.35. The van der Waals surface area contributed by atoms with Crippen molar-refractivity contribution in [2.75, 3.05) is 10.8 Å².